The van der Waals surface area contributed by atoms with E-state index in [4.69, 9.17) is 18.9 Å². The number of hydrogen-bond donors (Lipinski definition) is 1. The molecule has 0 aliphatic carbocycles. The van der Waals surface area contributed by atoms with Gasteiger partial charge in [0.15, 0.2) is 0 Å². The summed E-state index contributed by atoms with van der Waals surface area (Å²) in [4.78, 5) is 0. The van der Waals surface area contributed by atoms with Crippen LogP contribution in [-0.4, -0.2) is 31.5 Å². The van der Waals surface area contributed by atoms with Crippen molar-refractivity contribution in [2.75, 3.05) is 26.4 Å². The first-order valence-electron chi connectivity index (χ1n) is 5.90. The minimum atomic E-state index is -3.36. The number of rotatable bonds is 8. The van der Waals surface area contributed by atoms with Crippen molar-refractivity contribution in [2.45, 2.75) is 13.8 Å². The largest absolute Gasteiger partial charge is 0.490 e. The monoisotopic (exact) mass is 274 g/mol. The average Bonchev–Trinajstić information content (AvgIpc) is 2.37. The number of para-hydroxylation sites is 1. The maximum atomic E-state index is 12.6. The molecule has 0 spiro atoms. The van der Waals surface area contributed by atoms with Crippen LogP contribution in [0.1, 0.15) is 13.8 Å². The summed E-state index contributed by atoms with van der Waals surface area (Å²) in [6, 6.07) is 6.83. The van der Waals surface area contributed by atoms with Crippen molar-refractivity contribution in [1.82, 2.24) is 0 Å². The molecule has 1 aromatic carbocycles. The molecule has 0 aliphatic rings. The summed E-state index contributed by atoms with van der Waals surface area (Å²) in [5.41, 5.74) is 0. The van der Waals surface area contributed by atoms with Gasteiger partial charge in [-0.3, -0.25) is 4.57 Å². The third kappa shape index (κ3) is 3.82. The fourth-order valence-corrected chi connectivity index (χ4v) is 3.19. The van der Waals surface area contributed by atoms with Crippen molar-refractivity contribution in [2.24, 2.45) is 0 Å². The van der Waals surface area contributed by atoms with E-state index < -0.39 is 7.60 Å². The lowest BCUT2D eigenvalue weighted by atomic mass is 10.3. The summed E-state index contributed by atoms with van der Waals surface area (Å²) in [7, 11) is -3.36. The highest BCUT2D eigenvalue weighted by Gasteiger charge is 2.30. The maximum Gasteiger partial charge on any atom is 0.365 e. The summed E-state index contributed by atoms with van der Waals surface area (Å²) < 4.78 is 28.5. The van der Waals surface area contributed by atoms with Gasteiger partial charge >= 0.3 is 7.60 Å². The zero-order valence-corrected chi connectivity index (χ0v) is 11.6. The molecule has 0 amide bonds. The van der Waals surface area contributed by atoms with Crippen molar-refractivity contribution >= 4 is 12.9 Å². The Morgan fingerprint density at radius 3 is 2.33 bits per heavy atom. The molecule has 5 nitrogen and oxygen atoms in total. The molecule has 0 aromatic heterocycles. The summed E-state index contributed by atoms with van der Waals surface area (Å²) in [5, 5.41) is 9.16. The van der Waals surface area contributed by atoms with E-state index in [1.54, 1.807) is 38.1 Å². The van der Waals surface area contributed by atoms with Crippen LogP contribution < -0.4 is 10.0 Å². The third-order valence-electron chi connectivity index (χ3n) is 2.11. The highest BCUT2D eigenvalue weighted by Crippen LogP contribution is 2.49. The Hall–Kier alpha value is -0.870. The number of aliphatic hydroxyl groups excluding tert-OH is 1. The summed E-state index contributed by atoms with van der Waals surface area (Å²) in [6.45, 7) is 4.10. The van der Waals surface area contributed by atoms with E-state index in [-0.39, 0.29) is 26.4 Å². The Kier molecular flexibility index (Phi) is 6.36. The molecular formula is C12H19O5P. The first-order chi connectivity index (χ1) is 8.68. The van der Waals surface area contributed by atoms with E-state index in [0.29, 0.717) is 11.1 Å². The lowest BCUT2D eigenvalue weighted by Gasteiger charge is -2.19. The first kappa shape index (κ1) is 15.2. The number of aliphatic hydroxyl groups is 1. The molecule has 0 aliphatic heterocycles. The predicted molar refractivity (Wildman–Crippen MR) is 69.5 cm³/mol. The highest BCUT2D eigenvalue weighted by atomic mass is 31.2. The smallest absolute Gasteiger partial charge is 0.365 e. The standard InChI is InChI=1S/C12H19O5P/c1-3-16-18(14,17-4-2)12-8-6-5-7-11(12)15-10-9-13/h5-8,13H,3-4,9-10H2,1-2H3. The Labute approximate surface area is 107 Å². The highest BCUT2D eigenvalue weighted by molar-refractivity contribution is 7.62. The van der Waals surface area contributed by atoms with Crippen LogP contribution in [0.3, 0.4) is 0 Å². The summed E-state index contributed by atoms with van der Waals surface area (Å²) >= 11 is 0. The second kappa shape index (κ2) is 7.54. The van der Waals surface area contributed by atoms with E-state index in [2.05, 4.69) is 0 Å². The van der Waals surface area contributed by atoms with Gasteiger partial charge in [0.05, 0.1) is 19.8 Å². The lowest BCUT2D eigenvalue weighted by molar-refractivity contribution is 0.200. The molecule has 1 aromatic rings. The molecule has 102 valence electrons. The summed E-state index contributed by atoms with van der Waals surface area (Å²) in [5.74, 6) is 0.414. The molecule has 0 atom stereocenters. The van der Waals surface area contributed by atoms with Crippen LogP contribution in [0.4, 0.5) is 0 Å². The van der Waals surface area contributed by atoms with Crippen molar-refractivity contribution < 1.29 is 23.5 Å². The minimum Gasteiger partial charge on any atom is -0.490 e. The quantitative estimate of drug-likeness (QED) is 0.734. The molecule has 18 heavy (non-hydrogen) atoms. The zero-order chi connectivity index (χ0) is 13.4. The van der Waals surface area contributed by atoms with Crippen LogP contribution in [0, 0.1) is 0 Å². The lowest BCUT2D eigenvalue weighted by Crippen LogP contribution is -2.15. The van der Waals surface area contributed by atoms with E-state index in [1.165, 1.54) is 0 Å². The molecular weight excluding hydrogens is 255 g/mol. The average molecular weight is 274 g/mol. The Morgan fingerprint density at radius 1 is 1.17 bits per heavy atom. The van der Waals surface area contributed by atoms with Gasteiger partial charge in [-0.05, 0) is 26.0 Å². The maximum absolute atomic E-state index is 12.6. The van der Waals surface area contributed by atoms with E-state index in [9.17, 15) is 4.57 Å². The molecule has 6 heteroatoms. The first-order valence-corrected chi connectivity index (χ1v) is 7.44. The number of benzene rings is 1. The van der Waals surface area contributed by atoms with Gasteiger partial charge < -0.3 is 18.9 Å². The van der Waals surface area contributed by atoms with Crippen LogP contribution in [0.15, 0.2) is 24.3 Å². The topological polar surface area (TPSA) is 65.0 Å². The molecule has 0 bridgehead atoms. The van der Waals surface area contributed by atoms with Crippen molar-refractivity contribution in [3.8, 4) is 5.75 Å². The molecule has 0 radical (unpaired) electrons. The van der Waals surface area contributed by atoms with Gasteiger partial charge in [0.25, 0.3) is 0 Å². The van der Waals surface area contributed by atoms with Crippen LogP contribution in [0.25, 0.3) is 0 Å². The van der Waals surface area contributed by atoms with Crippen LogP contribution in [0.5, 0.6) is 5.75 Å². The molecule has 0 saturated heterocycles. The Bertz CT molecular complexity index is 397. The van der Waals surface area contributed by atoms with Gasteiger partial charge in [-0.1, -0.05) is 12.1 Å². The normalized spacial score (nSPS) is 11.5. The Morgan fingerprint density at radius 2 is 1.78 bits per heavy atom. The number of hydrogen-bond acceptors (Lipinski definition) is 5. The van der Waals surface area contributed by atoms with Crippen LogP contribution in [0.2, 0.25) is 0 Å². The van der Waals surface area contributed by atoms with Crippen molar-refractivity contribution in [3.63, 3.8) is 0 Å². The summed E-state index contributed by atoms with van der Waals surface area (Å²) in [6.07, 6.45) is 0. The van der Waals surface area contributed by atoms with Gasteiger partial charge in [0.2, 0.25) is 0 Å². The third-order valence-corrected chi connectivity index (χ3v) is 4.26. The fourth-order valence-electron chi connectivity index (χ4n) is 1.48. The second-order valence-corrected chi connectivity index (χ2v) is 5.37. The van der Waals surface area contributed by atoms with Gasteiger partial charge in [-0.25, -0.2) is 0 Å². The predicted octanol–water partition coefficient (Wildman–Crippen LogP) is 1.95. The van der Waals surface area contributed by atoms with E-state index in [1.807, 2.05) is 0 Å². The Balaban J connectivity index is 3.07. The fraction of sp³-hybridized carbons (Fsp3) is 0.500. The van der Waals surface area contributed by atoms with Gasteiger partial charge in [-0.2, -0.15) is 0 Å². The van der Waals surface area contributed by atoms with Crippen molar-refractivity contribution in [3.05, 3.63) is 24.3 Å². The zero-order valence-electron chi connectivity index (χ0n) is 10.7. The van der Waals surface area contributed by atoms with Gasteiger partial charge in [0.1, 0.15) is 17.7 Å². The molecule has 0 saturated carbocycles. The molecule has 0 unspecified atom stereocenters. The molecule has 0 fully saturated rings. The van der Waals surface area contributed by atoms with E-state index >= 15 is 0 Å². The number of ether oxygens (including phenoxy) is 1. The molecule has 1 rings (SSSR count). The van der Waals surface area contributed by atoms with Crippen LogP contribution >= 0.6 is 7.60 Å². The minimum absolute atomic E-state index is 0.109. The molecule has 1 N–H and O–H groups in total. The van der Waals surface area contributed by atoms with E-state index in [0.717, 1.165) is 0 Å². The second-order valence-electron chi connectivity index (χ2n) is 3.37. The SMILES string of the molecule is CCOP(=O)(OCC)c1ccccc1OCCO. The van der Waals surface area contributed by atoms with Gasteiger partial charge in [-0.15, -0.1) is 0 Å². The van der Waals surface area contributed by atoms with Gasteiger partial charge in [0, 0.05) is 0 Å². The van der Waals surface area contributed by atoms with Crippen molar-refractivity contribution in [1.29, 1.82) is 0 Å². The van der Waals surface area contributed by atoms with Crippen LogP contribution in [-0.2, 0) is 13.6 Å². The molecule has 0 heterocycles.